The second-order valence-corrected chi connectivity index (χ2v) is 6.39. The Balaban J connectivity index is 0.000000640. The molecule has 0 spiro atoms. The van der Waals surface area contributed by atoms with Gasteiger partial charge in [-0.15, -0.1) is 0 Å². The number of nitrogens with two attached hydrogens (primary N) is 1. The van der Waals surface area contributed by atoms with E-state index in [9.17, 15) is 20.4 Å². The molecule has 1 aromatic carbocycles. The molecule has 1 rings (SSSR count). The van der Waals surface area contributed by atoms with Crippen molar-refractivity contribution in [1.82, 2.24) is 0 Å². The van der Waals surface area contributed by atoms with Crippen LogP contribution in [0.5, 0.6) is 0 Å². The van der Waals surface area contributed by atoms with Gasteiger partial charge in [-0.25, -0.2) is 4.31 Å². The van der Waals surface area contributed by atoms with Gasteiger partial charge in [0, 0.05) is 6.54 Å². The summed E-state index contributed by atoms with van der Waals surface area (Å²) >= 11 is 0. The lowest BCUT2D eigenvalue weighted by Crippen LogP contribution is -2.40. The Labute approximate surface area is 141 Å². The Kier molecular flexibility index (Phi) is 11.9. The van der Waals surface area contributed by atoms with Crippen LogP contribution < -0.4 is 5.73 Å². The maximum Gasteiger partial charge on any atom is 0.334 e. The van der Waals surface area contributed by atoms with Gasteiger partial charge in [0.1, 0.15) is 0 Å². The van der Waals surface area contributed by atoms with Crippen LogP contribution in [-0.4, -0.2) is 59.8 Å². The van der Waals surface area contributed by atoms with Crippen LogP contribution >= 0.6 is 17.2 Å². The third kappa shape index (κ3) is 7.28. The molecule has 0 heterocycles. The molecule has 0 aliphatic carbocycles. The third-order valence-electron chi connectivity index (χ3n) is 3.24. The zero-order chi connectivity index (χ0) is 18.8. The summed E-state index contributed by atoms with van der Waals surface area (Å²) in [5.41, 5.74) is 5.44. The summed E-state index contributed by atoms with van der Waals surface area (Å²) < 4.78 is 3.60. The van der Waals surface area contributed by atoms with Crippen LogP contribution in [0.25, 0.3) is 0 Å². The summed E-state index contributed by atoms with van der Waals surface area (Å²) in [6.07, 6.45) is -1.16. The summed E-state index contributed by atoms with van der Waals surface area (Å²) in [4.78, 5) is 31.3. The molecule has 0 aromatic heterocycles. The largest absolute Gasteiger partial charge is 0.395 e. The molecule has 0 saturated carbocycles. The predicted octanol–water partition coefficient (Wildman–Crippen LogP) is -1.43. The standard InChI is InChI=1S/C12H19NO4.H4O5P2/c13-5-9-3-1-2-4-10(9)11(17)12(6-14,7-15)8-16;1-6(2)5-7(3)4/h1-4,11,14-17H,5-8,13H2;1-4H. The van der Waals surface area contributed by atoms with Crippen molar-refractivity contribution < 1.29 is 44.3 Å². The number of hydrogen-bond donors (Lipinski definition) is 9. The van der Waals surface area contributed by atoms with Crippen molar-refractivity contribution in [3.05, 3.63) is 35.4 Å². The first-order valence-corrected chi connectivity index (χ1v) is 8.93. The first-order chi connectivity index (χ1) is 11.3. The van der Waals surface area contributed by atoms with Crippen molar-refractivity contribution in [2.45, 2.75) is 12.6 Å². The maximum absolute atomic E-state index is 10.2. The Morgan fingerprint density at radius 3 is 1.75 bits per heavy atom. The van der Waals surface area contributed by atoms with E-state index in [1.54, 1.807) is 24.3 Å². The van der Waals surface area contributed by atoms with Crippen molar-refractivity contribution >= 4 is 17.2 Å². The average molecular weight is 387 g/mol. The summed E-state index contributed by atoms with van der Waals surface area (Å²) in [5, 5.41) is 38.0. The van der Waals surface area contributed by atoms with E-state index in [2.05, 4.69) is 4.31 Å². The lowest BCUT2D eigenvalue weighted by Gasteiger charge is -2.33. The van der Waals surface area contributed by atoms with Crippen LogP contribution in [0.15, 0.2) is 24.3 Å². The maximum atomic E-state index is 10.2. The molecule has 1 unspecified atom stereocenters. The van der Waals surface area contributed by atoms with E-state index >= 15 is 0 Å². The Bertz CT molecular complexity index is 446. The Morgan fingerprint density at radius 2 is 1.42 bits per heavy atom. The molecule has 24 heavy (non-hydrogen) atoms. The van der Waals surface area contributed by atoms with Crippen LogP contribution in [0.4, 0.5) is 0 Å². The van der Waals surface area contributed by atoms with Crippen LogP contribution in [0.3, 0.4) is 0 Å². The monoisotopic (exact) mass is 387 g/mol. The molecule has 0 amide bonds. The van der Waals surface area contributed by atoms with Gasteiger partial charge in [0.05, 0.1) is 31.3 Å². The smallest absolute Gasteiger partial charge is 0.334 e. The van der Waals surface area contributed by atoms with Crippen molar-refractivity contribution in [2.75, 3.05) is 19.8 Å². The third-order valence-corrected chi connectivity index (χ3v) is 4.41. The van der Waals surface area contributed by atoms with Crippen LogP contribution in [0.1, 0.15) is 17.2 Å². The van der Waals surface area contributed by atoms with Crippen molar-refractivity contribution in [2.24, 2.45) is 11.1 Å². The molecular weight excluding hydrogens is 364 g/mol. The fourth-order valence-electron chi connectivity index (χ4n) is 1.79. The molecule has 0 bridgehead atoms. The molecule has 0 aliphatic heterocycles. The van der Waals surface area contributed by atoms with Gasteiger partial charge in [-0.1, -0.05) is 24.3 Å². The topological polar surface area (TPSA) is 197 Å². The second kappa shape index (κ2) is 12.1. The van der Waals surface area contributed by atoms with Gasteiger partial charge in [0.25, 0.3) is 0 Å². The molecule has 0 fully saturated rings. The van der Waals surface area contributed by atoms with E-state index in [1.807, 2.05) is 0 Å². The number of rotatable bonds is 8. The van der Waals surface area contributed by atoms with E-state index in [-0.39, 0.29) is 6.54 Å². The van der Waals surface area contributed by atoms with Crippen LogP contribution in [0.2, 0.25) is 0 Å². The van der Waals surface area contributed by atoms with Crippen molar-refractivity contribution in [3.63, 3.8) is 0 Å². The van der Waals surface area contributed by atoms with Gasteiger partial charge >= 0.3 is 17.2 Å². The molecule has 12 heteroatoms. The Morgan fingerprint density at radius 1 is 0.958 bits per heavy atom. The van der Waals surface area contributed by atoms with Gasteiger partial charge in [0.2, 0.25) is 0 Å². The quantitative estimate of drug-likeness (QED) is 0.238. The predicted molar refractivity (Wildman–Crippen MR) is 86.8 cm³/mol. The van der Waals surface area contributed by atoms with E-state index in [0.29, 0.717) is 5.56 Å². The fourth-order valence-corrected chi connectivity index (χ4v) is 2.31. The summed E-state index contributed by atoms with van der Waals surface area (Å²) in [5.74, 6) is 0. The van der Waals surface area contributed by atoms with Gasteiger partial charge < -0.3 is 45.7 Å². The highest BCUT2D eigenvalue weighted by atomic mass is 31.2. The van der Waals surface area contributed by atoms with Crippen molar-refractivity contribution in [1.29, 1.82) is 0 Å². The molecule has 10 N–H and O–H groups in total. The SMILES string of the molecule is NCc1ccccc1C(O)C(CO)(CO)CO.OP(O)OP(O)O. The van der Waals surface area contributed by atoms with Gasteiger partial charge in [-0.05, 0) is 11.1 Å². The molecule has 1 aromatic rings. The van der Waals surface area contributed by atoms with E-state index in [0.717, 1.165) is 5.56 Å². The molecule has 0 radical (unpaired) electrons. The van der Waals surface area contributed by atoms with Gasteiger partial charge in [0.15, 0.2) is 0 Å². The first kappa shape index (κ1) is 23.7. The van der Waals surface area contributed by atoms with E-state index < -0.39 is 48.5 Å². The minimum Gasteiger partial charge on any atom is -0.395 e. The normalized spacial score (nSPS) is 13.0. The van der Waals surface area contributed by atoms with Crippen LogP contribution in [-0.2, 0) is 10.9 Å². The number of hydrogen-bond acceptors (Lipinski definition) is 10. The minimum absolute atomic E-state index is 0.242. The van der Waals surface area contributed by atoms with E-state index in [1.165, 1.54) is 0 Å². The number of aliphatic hydroxyl groups excluding tert-OH is 4. The lowest BCUT2D eigenvalue weighted by atomic mass is 9.79. The molecule has 10 nitrogen and oxygen atoms in total. The van der Waals surface area contributed by atoms with Gasteiger partial charge in [-0.3, -0.25) is 0 Å². The average Bonchev–Trinajstić information content (AvgIpc) is 2.56. The summed E-state index contributed by atoms with van der Waals surface area (Å²) in [6.45, 7) is -1.30. The molecule has 0 saturated heterocycles. The van der Waals surface area contributed by atoms with Crippen molar-refractivity contribution in [3.8, 4) is 0 Å². The minimum atomic E-state index is -2.61. The number of aliphatic hydroxyl groups is 4. The van der Waals surface area contributed by atoms with Gasteiger partial charge in [-0.2, -0.15) is 0 Å². The highest BCUT2D eigenvalue weighted by Crippen LogP contribution is 2.41. The zero-order valence-electron chi connectivity index (χ0n) is 12.7. The first-order valence-electron chi connectivity index (χ1n) is 6.60. The molecular formula is C12H23NO9P2. The number of benzene rings is 1. The Hall–Kier alpha value is -0.320. The fraction of sp³-hybridized carbons (Fsp3) is 0.500. The molecule has 140 valence electrons. The zero-order valence-corrected chi connectivity index (χ0v) is 14.5. The lowest BCUT2D eigenvalue weighted by molar-refractivity contribution is -0.0854. The summed E-state index contributed by atoms with van der Waals surface area (Å²) in [7, 11) is -5.22. The highest BCUT2D eigenvalue weighted by molar-refractivity contribution is 7.53. The molecule has 0 aliphatic rings. The second-order valence-electron chi connectivity index (χ2n) is 4.73. The summed E-state index contributed by atoms with van der Waals surface area (Å²) in [6, 6.07) is 6.95. The highest BCUT2D eigenvalue weighted by Gasteiger charge is 2.38. The van der Waals surface area contributed by atoms with E-state index in [4.69, 9.17) is 25.3 Å². The van der Waals surface area contributed by atoms with Crippen LogP contribution in [0, 0.1) is 5.41 Å². The molecule has 1 atom stereocenters.